The first-order valence-electron chi connectivity index (χ1n) is 8.24. The zero-order valence-electron chi connectivity index (χ0n) is 13.8. The first-order valence-corrected chi connectivity index (χ1v) is 15.2. The van der Waals surface area contributed by atoms with Crippen molar-refractivity contribution in [2.75, 3.05) is 0 Å². The number of carboxylic acid groups (broad SMARTS) is 1. The van der Waals surface area contributed by atoms with E-state index in [4.69, 9.17) is 0 Å². The summed E-state index contributed by atoms with van der Waals surface area (Å²) in [6.45, 7) is 7.00. The van der Waals surface area contributed by atoms with E-state index >= 15 is 0 Å². The average Bonchev–Trinajstić information content (AvgIpc) is 3.02. The maximum atomic E-state index is 9.96. The third kappa shape index (κ3) is 12.2. The molecule has 0 atom stereocenters. The molecule has 0 aliphatic heterocycles. The van der Waals surface area contributed by atoms with Gasteiger partial charge >= 0.3 is 92.4 Å². The summed E-state index contributed by atoms with van der Waals surface area (Å²) in [5.41, 5.74) is 0. The first kappa shape index (κ1) is 21.0. The van der Waals surface area contributed by atoms with Crippen LogP contribution < -0.4 is 5.11 Å². The molecule has 4 heteroatoms. The maximum absolute atomic E-state index is 9.96. The Bertz CT molecular complexity index is 320. The van der Waals surface area contributed by atoms with Crippen molar-refractivity contribution in [3.8, 4) is 0 Å². The molecule has 120 valence electrons. The summed E-state index contributed by atoms with van der Waals surface area (Å²) in [5.74, 6) is -1.10. The van der Waals surface area contributed by atoms with Gasteiger partial charge in [-0.3, -0.25) is 0 Å². The van der Waals surface area contributed by atoms with Crippen LogP contribution in [0.3, 0.4) is 0 Å². The van der Waals surface area contributed by atoms with Crippen LogP contribution in [0, 0.1) is 0 Å². The number of carbonyl (C=O) groups excluding carboxylic acids is 1. The van der Waals surface area contributed by atoms with E-state index in [0.717, 1.165) is 0 Å². The standard InChI is InChI=1S/C5H4O2S.3C4H9.Sn/c6-5(7)4-2-1-3-8-4;3*1-3-4-2;/h1-3H,(H,6,7);3*1,3-4H2,2H3;/q;;;;+1/p-1. The third-order valence-corrected chi connectivity index (χ3v) is 13.3. The molecule has 0 aromatic carbocycles. The van der Waals surface area contributed by atoms with Crippen molar-refractivity contribution in [3.63, 3.8) is 0 Å². The van der Waals surface area contributed by atoms with E-state index in [2.05, 4.69) is 20.8 Å². The van der Waals surface area contributed by atoms with Crippen LogP contribution in [0.2, 0.25) is 13.3 Å². The molecule has 0 saturated heterocycles. The van der Waals surface area contributed by atoms with Crippen LogP contribution in [0.25, 0.3) is 0 Å². The molecule has 0 amide bonds. The van der Waals surface area contributed by atoms with E-state index in [0.29, 0.717) is 0 Å². The molecule has 21 heavy (non-hydrogen) atoms. The molecule has 1 aromatic rings. The Morgan fingerprint density at radius 3 is 1.76 bits per heavy atom. The number of unbranched alkanes of at least 4 members (excludes halogenated alkanes) is 3. The molecule has 0 unspecified atom stereocenters. The first-order chi connectivity index (χ1) is 10.2. The second-order valence-electron chi connectivity index (χ2n) is 5.33. The second-order valence-corrected chi connectivity index (χ2v) is 14.8. The summed E-state index contributed by atoms with van der Waals surface area (Å²) in [5, 5.41) is 11.7. The molecule has 0 saturated carbocycles. The molecular formula is C17H30O2SSn. The SMILES string of the molecule is CCC[CH2][Sn+]([CH2]CCC)[CH2]CCC.O=C([O-])c1cccs1. The fourth-order valence-electron chi connectivity index (χ4n) is 2.05. The number of carboxylic acids is 1. The minimum absolute atomic E-state index is 0.282. The largest absolute Gasteiger partial charge is 0.544 e. The Morgan fingerprint density at radius 2 is 1.52 bits per heavy atom. The Hall–Kier alpha value is -0.0313. The summed E-state index contributed by atoms with van der Waals surface area (Å²) < 4.78 is 5.04. The minimum Gasteiger partial charge on any atom is -0.544 e. The molecule has 0 N–H and O–H groups in total. The fourth-order valence-corrected chi connectivity index (χ4v) is 12.1. The molecule has 0 spiro atoms. The van der Waals surface area contributed by atoms with Crippen LogP contribution in [-0.2, 0) is 0 Å². The van der Waals surface area contributed by atoms with E-state index in [1.807, 2.05) is 0 Å². The van der Waals surface area contributed by atoms with Crippen molar-refractivity contribution in [1.29, 1.82) is 0 Å². The van der Waals surface area contributed by atoms with Crippen molar-refractivity contribution in [1.82, 2.24) is 0 Å². The van der Waals surface area contributed by atoms with E-state index in [-0.39, 0.29) is 4.88 Å². The van der Waals surface area contributed by atoms with E-state index < -0.39 is 25.7 Å². The van der Waals surface area contributed by atoms with Crippen LogP contribution >= 0.6 is 11.3 Å². The molecule has 1 heterocycles. The summed E-state index contributed by atoms with van der Waals surface area (Å²) in [6.07, 6.45) is 8.85. The van der Waals surface area contributed by atoms with E-state index in [1.54, 1.807) is 24.8 Å². The summed E-state index contributed by atoms with van der Waals surface area (Å²) in [4.78, 5) is 10.2. The number of hydrogen-bond acceptors (Lipinski definition) is 3. The monoisotopic (exact) mass is 418 g/mol. The van der Waals surface area contributed by atoms with Crippen LogP contribution in [0.15, 0.2) is 17.5 Å². The van der Waals surface area contributed by atoms with Crippen LogP contribution in [0.1, 0.15) is 69.0 Å². The molecule has 2 nitrogen and oxygen atoms in total. The molecule has 0 bridgehead atoms. The average molecular weight is 417 g/mol. The topological polar surface area (TPSA) is 40.1 Å². The summed E-state index contributed by atoms with van der Waals surface area (Å²) in [7, 11) is 0. The van der Waals surface area contributed by atoms with Gasteiger partial charge in [0.1, 0.15) is 0 Å². The van der Waals surface area contributed by atoms with E-state index in [1.165, 1.54) is 55.9 Å². The molecule has 0 fully saturated rings. The van der Waals surface area contributed by atoms with Crippen molar-refractivity contribution >= 4 is 37.1 Å². The smallest absolute Gasteiger partial charge is 0.0815 e. The number of hydrogen-bond donors (Lipinski definition) is 0. The zero-order valence-corrected chi connectivity index (χ0v) is 17.5. The number of carbonyl (C=O) groups is 1. The predicted octanol–water partition coefficient (Wildman–Crippen LogP) is 4.99. The molecule has 0 aliphatic carbocycles. The van der Waals surface area contributed by atoms with Crippen LogP contribution in [0.4, 0.5) is 0 Å². The van der Waals surface area contributed by atoms with Crippen LogP contribution in [-0.4, -0.2) is 25.7 Å². The van der Waals surface area contributed by atoms with Crippen molar-refractivity contribution < 1.29 is 9.90 Å². The molecule has 0 aliphatic rings. The van der Waals surface area contributed by atoms with Gasteiger partial charge < -0.3 is 9.90 Å². The quantitative estimate of drug-likeness (QED) is 0.503. The summed E-state index contributed by atoms with van der Waals surface area (Å²) >= 11 is 0.330. The van der Waals surface area contributed by atoms with Crippen molar-refractivity contribution in [2.45, 2.75) is 72.6 Å². The normalized spacial score (nSPS) is 9.86. The van der Waals surface area contributed by atoms with Gasteiger partial charge in [-0.1, -0.05) is 6.07 Å². The van der Waals surface area contributed by atoms with Gasteiger partial charge in [0.25, 0.3) is 0 Å². The fraction of sp³-hybridized carbons (Fsp3) is 0.706. The van der Waals surface area contributed by atoms with Gasteiger partial charge in [0.2, 0.25) is 0 Å². The Balaban J connectivity index is 0.000000423. The number of rotatable bonds is 10. The van der Waals surface area contributed by atoms with Crippen molar-refractivity contribution in [2.24, 2.45) is 0 Å². The minimum atomic E-state index is -1.10. The predicted molar refractivity (Wildman–Crippen MR) is 93.5 cm³/mol. The van der Waals surface area contributed by atoms with Gasteiger partial charge in [-0.15, -0.1) is 11.3 Å². The zero-order chi connectivity index (χ0) is 15.9. The van der Waals surface area contributed by atoms with E-state index in [9.17, 15) is 9.90 Å². The number of aromatic carboxylic acids is 1. The second kappa shape index (κ2) is 14.9. The Morgan fingerprint density at radius 1 is 1.05 bits per heavy atom. The van der Waals surface area contributed by atoms with Crippen molar-refractivity contribution in [3.05, 3.63) is 22.4 Å². The molecular weight excluding hydrogens is 387 g/mol. The molecule has 1 rings (SSSR count). The maximum Gasteiger partial charge on any atom is 0.0815 e. The third-order valence-electron chi connectivity index (χ3n) is 3.37. The Kier molecular flexibility index (Phi) is 14.9. The van der Waals surface area contributed by atoms with Gasteiger partial charge in [-0.05, 0) is 11.4 Å². The number of thiophene rings is 1. The molecule has 0 radical (unpaired) electrons. The van der Waals surface area contributed by atoms with Crippen LogP contribution in [0.5, 0.6) is 0 Å². The van der Waals surface area contributed by atoms with Gasteiger partial charge in [0, 0.05) is 4.88 Å². The van der Waals surface area contributed by atoms with Gasteiger partial charge in [0.15, 0.2) is 0 Å². The summed E-state index contributed by atoms with van der Waals surface area (Å²) in [6, 6.07) is 3.19. The van der Waals surface area contributed by atoms with Gasteiger partial charge in [-0.2, -0.15) is 0 Å². The Labute approximate surface area is 141 Å². The van der Waals surface area contributed by atoms with Gasteiger partial charge in [0.05, 0.1) is 5.97 Å². The van der Waals surface area contributed by atoms with Gasteiger partial charge in [-0.25, -0.2) is 0 Å². The molecule has 1 aromatic heterocycles.